The number of carbonyl (C=O) groups is 3. The van der Waals surface area contributed by atoms with Gasteiger partial charge in [0.25, 0.3) is 11.1 Å². The van der Waals surface area contributed by atoms with Crippen molar-refractivity contribution in [3.63, 3.8) is 0 Å². The van der Waals surface area contributed by atoms with Crippen LogP contribution in [0.4, 0.5) is 10.5 Å². The lowest BCUT2D eigenvalue weighted by molar-refractivity contribution is -0.123. The van der Waals surface area contributed by atoms with E-state index in [1.54, 1.807) is 18.2 Å². The molecule has 1 heterocycles. The van der Waals surface area contributed by atoms with Gasteiger partial charge in [-0.05, 0) is 72.3 Å². The molecule has 8 nitrogen and oxygen atoms in total. The first-order chi connectivity index (χ1) is 17.1. The fraction of sp³-hybridized carbons (Fsp3) is 0.115. The van der Waals surface area contributed by atoms with E-state index in [1.807, 2.05) is 31.2 Å². The van der Waals surface area contributed by atoms with Crippen molar-refractivity contribution < 1.29 is 27.0 Å². The average Bonchev–Trinajstić information content (AvgIpc) is 3.07. The molecule has 1 N–H and O–H groups in total. The lowest BCUT2D eigenvalue weighted by Gasteiger charge is -2.12. The molecule has 1 saturated heterocycles. The molecule has 4 rings (SSSR count). The topological polar surface area (TPSA) is 110 Å². The smallest absolute Gasteiger partial charge is 0.339 e. The maximum absolute atomic E-state index is 12.8. The van der Waals surface area contributed by atoms with Crippen molar-refractivity contribution in [1.29, 1.82) is 0 Å². The van der Waals surface area contributed by atoms with Crippen LogP contribution in [0.15, 0.2) is 82.6 Å². The molecule has 0 aliphatic carbocycles. The van der Waals surface area contributed by atoms with Gasteiger partial charge < -0.3 is 9.50 Å². The number of nitrogens with zero attached hydrogens (tertiary/aromatic N) is 1. The molecule has 3 amide bonds. The molecule has 0 atom stereocenters. The summed E-state index contributed by atoms with van der Waals surface area (Å²) in [5.41, 5.74) is 2.99. The van der Waals surface area contributed by atoms with E-state index in [1.165, 1.54) is 48.2 Å². The largest absolute Gasteiger partial charge is 0.379 e. The Labute approximate surface area is 213 Å². The van der Waals surface area contributed by atoms with Gasteiger partial charge in [-0.1, -0.05) is 42.0 Å². The first kappa shape index (κ1) is 25.2. The van der Waals surface area contributed by atoms with Crippen molar-refractivity contribution in [1.82, 2.24) is 4.90 Å². The zero-order valence-corrected chi connectivity index (χ0v) is 21.1. The van der Waals surface area contributed by atoms with Crippen LogP contribution in [0.2, 0.25) is 0 Å². The summed E-state index contributed by atoms with van der Waals surface area (Å²) in [4.78, 5) is 37.7. The molecule has 0 radical (unpaired) electrons. The number of aryl methyl sites for hydroxylation is 1. The molecule has 1 aliphatic rings. The van der Waals surface area contributed by atoms with E-state index in [0.717, 1.165) is 22.9 Å². The van der Waals surface area contributed by atoms with Crippen molar-refractivity contribution in [3.8, 4) is 5.75 Å². The molecule has 36 heavy (non-hydrogen) atoms. The van der Waals surface area contributed by atoms with Gasteiger partial charge in [-0.3, -0.25) is 19.3 Å². The van der Waals surface area contributed by atoms with Gasteiger partial charge in [0.15, 0.2) is 0 Å². The Morgan fingerprint density at radius 1 is 1.03 bits per heavy atom. The fourth-order valence-corrected chi connectivity index (χ4v) is 5.25. The lowest BCUT2D eigenvalue weighted by Crippen LogP contribution is -2.27. The molecule has 3 aromatic rings. The zero-order chi connectivity index (χ0) is 25.9. The number of nitrogens with one attached hydrogen (secondary N) is 1. The number of hydrogen-bond donors (Lipinski definition) is 1. The third kappa shape index (κ3) is 6.02. The van der Waals surface area contributed by atoms with E-state index in [-0.39, 0.29) is 39.1 Å². The van der Waals surface area contributed by atoms with E-state index in [2.05, 4.69) is 5.32 Å². The number of imide groups is 1. The average molecular weight is 523 g/mol. The van der Waals surface area contributed by atoms with Crippen LogP contribution in [-0.2, 0) is 26.3 Å². The Kier molecular flexibility index (Phi) is 7.27. The van der Waals surface area contributed by atoms with Gasteiger partial charge in [0, 0.05) is 12.6 Å². The number of thioether (sulfide) groups is 1. The molecule has 0 spiro atoms. The molecule has 0 bridgehead atoms. The number of amides is 3. The van der Waals surface area contributed by atoms with Gasteiger partial charge in [-0.15, -0.1) is 0 Å². The Balaban J connectivity index is 1.44. The standard InChI is InChI=1S/C26H22N2O6S2/c1-17-4-3-5-20(14-17)16-28-25(30)24(35-26(28)31)15-19-6-10-22(11-7-19)34-36(32,33)23-12-8-21(9-13-23)27-18(2)29/h3-15H,16H2,1-2H3,(H,27,29)/b24-15-. The Bertz CT molecular complexity index is 1460. The highest BCUT2D eigenvalue weighted by Gasteiger charge is 2.35. The number of rotatable bonds is 7. The third-order valence-corrected chi connectivity index (χ3v) is 7.31. The van der Waals surface area contributed by atoms with E-state index < -0.39 is 10.1 Å². The second-order valence-electron chi connectivity index (χ2n) is 8.07. The maximum atomic E-state index is 12.8. The summed E-state index contributed by atoms with van der Waals surface area (Å²) in [7, 11) is -4.09. The van der Waals surface area contributed by atoms with Crippen molar-refractivity contribution in [3.05, 3.63) is 94.4 Å². The Hall–Kier alpha value is -3.89. The molecule has 0 unspecified atom stereocenters. The van der Waals surface area contributed by atoms with Gasteiger partial charge in [-0.2, -0.15) is 8.42 Å². The van der Waals surface area contributed by atoms with E-state index in [4.69, 9.17) is 4.18 Å². The molecule has 0 saturated carbocycles. The summed E-state index contributed by atoms with van der Waals surface area (Å²) in [5, 5.41) is 2.22. The molecular formula is C26H22N2O6S2. The van der Waals surface area contributed by atoms with Crippen LogP contribution < -0.4 is 9.50 Å². The van der Waals surface area contributed by atoms with Crippen LogP contribution in [0.25, 0.3) is 6.08 Å². The lowest BCUT2D eigenvalue weighted by atomic mass is 10.1. The minimum absolute atomic E-state index is 0.0667. The summed E-state index contributed by atoms with van der Waals surface area (Å²) in [6, 6.07) is 19.3. The van der Waals surface area contributed by atoms with Crippen LogP contribution in [0, 0.1) is 6.92 Å². The quantitative estimate of drug-likeness (QED) is 0.345. The van der Waals surface area contributed by atoms with E-state index in [9.17, 15) is 22.8 Å². The summed E-state index contributed by atoms with van der Waals surface area (Å²) >= 11 is 0.861. The molecule has 1 fully saturated rings. The third-order valence-electron chi connectivity index (χ3n) is 5.14. The second-order valence-corrected chi connectivity index (χ2v) is 10.6. The summed E-state index contributed by atoms with van der Waals surface area (Å²) in [6.07, 6.45) is 1.58. The van der Waals surface area contributed by atoms with Gasteiger partial charge in [0.1, 0.15) is 10.6 Å². The molecule has 10 heteroatoms. The number of hydrogen-bond acceptors (Lipinski definition) is 7. The maximum Gasteiger partial charge on any atom is 0.339 e. The molecule has 3 aromatic carbocycles. The van der Waals surface area contributed by atoms with E-state index >= 15 is 0 Å². The van der Waals surface area contributed by atoms with Crippen molar-refractivity contribution in [2.75, 3.05) is 5.32 Å². The normalized spacial score (nSPS) is 14.8. The number of anilines is 1. The monoisotopic (exact) mass is 522 g/mol. The number of carbonyl (C=O) groups excluding carboxylic acids is 3. The number of benzene rings is 3. The Morgan fingerprint density at radius 3 is 2.36 bits per heavy atom. The first-order valence-corrected chi connectivity index (χ1v) is 13.1. The first-order valence-electron chi connectivity index (χ1n) is 10.8. The van der Waals surface area contributed by atoms with Crippen molar-refractivity contribution >= 4 is 50.7 Å². The minimum Gasteiger partial charge on any atom is -0.379 e. The summed E-state index contributed by atoms with van der Waals surface area (Å²) < 4.78 is 30.3. The Morgan fingerprint density at radius 2 is 1.72 bits per heavy atom. The highest BCUT2D eigenvalue weighted by molar-refractivity contribution is 8.18. The second kappa shape index (κ2) is 10.4. The van der Waals surface area contributed by atoms with Crippen LogP contribution in [0.3, 0.4) is 0 Å². The SMILES string of the molecule is CC(=O)Nc1ccc(S(=O)(=O)Oc2ccc(/C=C3\SC(=O)N(Cc4cccc(C)c4)C3=O)cc2)cc1. The predicted octanol–water partition coefficient (Wildman–Crippen LogP) is 4.96. The van der Waals surface area contributed by atoms with Gasteiger partial charge in [-0.25, -0.2) is 0 Å². The summed E-state index contributed by atoms with van der Waals surface area (Å²) in [6.45, 7) is 3.49. The molecule has 0 aromatic heterocycles. The fourth-order valence-electron chi connectivity index (χ4n) is 3.48. The zero-order valence-electron chi connectivity index (χ0n) is 19.4. The minimum atomic E-state index is -4.09. The van der Waals surface area contributed by atoms with Crippen molar-refractivity contribution in [2.45, 2.75) is 25.3 Å². The highest BCUT2D eigenvalue weighted by atomic mass is 32.2. The van der Waals surface area contributed by atoms with Gasteiger partial charge in [0.05, 0.1) is 11.4 Å². The van der Waals surface area contributed by atoms with Gasteiger partial charge >= 0.3 is 10.1 Å². The van der Waals surface area contributed by atoms with E-state index in [0.29, 0.717) is 11.3 Å². The molecule has 1 aliphatic heterocycles. The summed E-state index contributed by atoms with van der Waals surface area (Å²) in [5.74, 6) is -0.555. The highest BCUT2D eigenvalue weighted by Crippen LogP contribution is 2.33. The molecular weight excluding hydrogens is 500 g/mol. The van der Waals surface area contributed by atoms with Crippen LogP contribution in [-0.4, -0.2) is 30.4 Å². The van der Waals surface area contributed by atoms with Crippen molar-refractivity contribution in [2.24, 2.45) is 0 Å². The van der Waals surface area contributed by atoms with Crippen LogP contribution >= 0.6 is 11.8 Å². The van der Waals surface area contributed by atoms with Crippen LogP contribution in [0.1, 0.15) is 23.6 Å². The van der Waals surface area contributed by atoms with Gasteiger partial charge in [0.2, 0.25) is 5.91 Å². The molecule has 184 valence electrons. The predicted molar refractivity (Wildman–Crippen MR) is 138 cm³/mol. The van der Waals surface area contributed by atoms with Crippen LogP contribution in [0.5, 0.6) is 5.75 Å².